The number of likely N-dealkylation sites (N-methyl/N-ethyl adjacent to an activating group) is 1. The van der Waals surface area contributed by atoms with Crippen LogP contribution in [0.3, 0.4) is 0 Å². The van der Waals surface area contributed by atoms with Gasteiger partial charge in [0, 0.05) is 31.1 Å². The minimum absolute atomic E-state index is 0.0394. The molecule has 0 radical (unpaired) electrons. The first-order chi connectivity index (χ1) is 14.2. The third kappa shape index (κ3) is 4.25. The van der Waals surface area contributed by atoms with Gasteiger partial charge in [-0.05, 0) is 62.3 Å². The molecule has 29 heavy (non-hydrogen) atoms. The summed E-state index contributed by atoms with van der Waals surface area (Å²) in [6.07, 6.45) is 2.52. The highest BCUT2D eigenvalue weighted by atomic mass is 16.5. The lowest BCUT2D eigenvalue weighted by atomic mass is 10.0. The van der Waals surface area contributed by atoms with Gasteiger partial charge in [-0.15, -0.1) is 0 Å². The Morgan fingerprint density at radius 1 is 1.10 bits per heavy atom. The van der Waals surface area contributed by atoms with Crippen LogP contribution in [-0.2, 0) is 0 Å². The molecule has 0 atom stereocenters. The second-order valence-corrected chi connectivity index (χ2v) is 7.58. The van der Waals surface area contributed by atoms with E-state index in [1.807, 2.05) is 66.5 Å². The zero-order valence-electron chi connectivity index (χ0n) is 17.1. The van der Waals surface area contributed by atoms with Gasteiger partial charge in [-0.1, -0.05) is 18.2 Å². The van der Waals surface area contributed by atoms with Crippen LogP contribution in [-0.4, -0.2) is 61.0 Å². The van der Waals surface area contributed by atoms with E-state index in [1.165, 1.54) is 12.8 Å². The Labute approximate surface area is 171 Å². The predicted octanol–water partition coefficient (Wildman–Crippen LogP) is 4.08. The highest BCUT2D eigenvalue weighted by molar-refractivity contribution is 6.07. The molecule has 0 saturated carbocycles. The zero-order valence-corrected chi connectivity index (χ0v) is 17.1. The monoisotopic (exact) mass is 389 g/mol. The van der Waals surface area contributed by atoms with Gasteiger partial charge in [-0.3, -0.25) is 4.79 Å². The van der Waals surface area contributed by atoms with Crippen molar-refractivity contribution in [2.45, 2.75) is 12.8 Å². The number of hydrogen-bond acceptors (Lipinski definition) is 4. The molecule has 4 rings (SSSR count). The fraction of sp³-hybridized carbons (Fsp3) is 0.333. The Hall–Kier alpha value is -2.92. The summed E-state index contributed by atoms with van der Waals surface area (Å²) in [7, 11) is 3.54. The number of pyridine rings is 1. The molecule has 1 amide bonds. The summed E-state index contributed by atoms with van der Waals surface area (Å²) in [5.74, 6) is 0.838. The maximum atomic E-state index is 13.3. The van der Waals surface area contributed by atoms with Gasteiger partial charge in [0.2, 0.25) is 0 Å². The minimum Gasteiger partial charge on any atom is -0.497 e. The predicted molar refractivity (Wildman–Crippen MR) is 116 cm³/mol. The Morgan fingerprint density at radius 3 is 2.55 bits per heavy atom. The lowest BCUT2D eigenvalue weighted by molar-refractivity contribution is 0.0784. The van der Waals surface area contributed by atoms with E-state index >= 15 is 0 Å². The lowest BCUT2D eigenvalue weighted by Crippen LogP contribution is -2.35. The van der Waals surface area contributed by atoms with E-state index in [0.29, 0.717) is 5.56 Å². The Bertz CT molecular complexity index is 995. The molecule has 2 heterocycles. The summed E-state index contributed by atoms with van der Waals surface area (Å²) in [5, 5.41) is 0.891. The van der Waals surface area contributed by atoms with Crippen LogP contribution in [0, 0.1) is 0 Å². The van der Waals surface area contributed by atoms with Crippen LogP contribution >= 0.6 is 0 Å². The van der Waals surface area contributed by atoms with Crippen molar-refractivity contribution < 1.29 is 9.53 Å². The van der Waals surface area contributed by atoms with Crippen LogP contribution in [0.25, 0.3) is 22.2 Å². The number of benzene rings is 2. The number of aromatic nitrogens is 1. The van der Waals surface area contributed by atoms with Gasteiger partial charge < -0.3 is 14.5 Å². The number of rotatable bonds is 6. The van der Waals surface area contributed by atoms with Crippen molar-refractivity contribution in [1.82, 2.24) is 14.8 Å². The molecule has 3 aromatic rings. The van der Waals surface area contributed by atoms with E-state index in [0.717, 1.165) is 54.1 Å². The smallest absolute Gasteiger partial charge is 0.254 e. The number of nitrogens with zero attached hydrogens (tertiary/aromatic N) is 3. The number of ether oxygens (including phenoxy) is 1. The van der Waals surface area contributed by atoms with Gasteiger partial charge in [-0.25, -0.2) is 4.98 Å². The fourth-order valence-corrected chi connectivity index (χ4v) is 3.87. The molecule has 0 unspecified atom stereocenters. The number of fused-ring (bicyclic) bond motifs is 1. The van der Waals surface area contributed by atoms with Gasteiger partial charge in [0.15, 0.2) is 0 Å². The maximum absolute atomic E-state index is 13.3. The largest absolute Gasteiger partial charge is 0.497 e. The van der Waals surface area contributed by atoms with E-state index in [1.54, 1.807) is 7.11 Å². The van der Waals surface area contributed by atoms with Crippen LogP contribution in [0.15, 0.2) is 54.6 Å². The molecule has 1 aliphatic heterocycles. The van der Waals surface area contributed by atoms with Gasteiger partial charge in [-0.2, -0.15) is 0 Å². The van der Waals surface area contributed by atoms with Crippen molar-refractivity contribution in [1.29, 1.82) is 0 Å². The first-order valence-electron chi connectivity index (χ1n) is 10.2. The third-order valence-corrected chi connectivity index (χ3v) is 5.63. The van der Waals surface area contributed by atoms with Crippen LogP contribution in [0.5, 0.6) is 5.75 Å². The highest BCUT2D eigenvalue weighted by Gasteiger charge is 2.19. The molecule has 1 fully saturated rings. The molecule has 0 N–H and O–H groups in total. The van der Waals surface area contributed by atoms with E-state index in [4.69, 9.17) is 9.72 Å². The minimum atomic E-state index is 0.0394. The standard InChI is InChI=1S/C24H27N3O2/c1-26(15-16-27-13-5-6-14-27)24(28)21-17-23(18-9-11-19(29-2)12-10-18)25-22-8-4-3-7-20(21)22/h3-4,7-12,17H,5-6,13-16H2,1-2H3. The summed E-state index contributed by atoms with van der Waals surface area (Å²) < 4.78 is 5.25. The lowest BCUT2D eigenvalue weighted by Gasteiger charge is -2.22. The molecule has 1 aliphatic rings. The summed E-state index contributed by atoms with van der Waals surface area (Å²) in [6, 6.07) is 17.5. The van der Waals surface area contributed by atoms with Crippen molar-refractivity contribution in [3.8, 4) is 17.0 Å². The number of carbonyl (C=O) groups excluding carboxylic acids is 1. The molecule has 0 spiro atoms. The SMILES string of the molecule is COc1ccc(-c2cc(C(=O)N(C)CCN3CCCC3)c3ccccc3n2)cc1. The molecule has 0 aliphatic carbocycles. The fourth-order valence-electron chi connectivity index (χ4n) is 3.87. The molecule has 0 bridgehead atoms. The van der Waals surface area contributed by atoms with Crippen LogP contribution < -0.4 is 4.74 Å². The molecule has 1 saturated heterocycles. The summed E-state index contributed by atoms with van der Waals surface area (Å²) in [6.45, 7) is 3.94. The summed E-state index contributed by atoms with van der Waals surface area (Å²) in [4.78, 5) is 22.4. The first kappa shape index (κ1) is 19.4. The maximum Gasteiger partial charge on any atom is 0.254 e. The van der Waals surface area contributed by atoms with Gasteiger partial charge >= 0.3 is 0 Å². The summed E-state index contributed by atoms with van der Waals surface area (Å²) >= 11 is 0. The molecule has 5 nitrogen and oxygen atoms in total. The Morgan fingerprint density at radius 2 is 1.83 bits per heavy atom. The first-order valence-corrected chi connectivity index (χ1v) is 10.2. The Kier molecular flexibility index (Phi) is 5.76. The molecular formula is C24H27N3O2. The van der Waals surface area contributed by atoms with E-state index in [9.17, 15) is 4.79 Å². The number of carbonyl (C=O) groups is 1. The van der Waals surface area contributed by atoms with E-state index in [-0.39, 0.29) is 5.91 Å². The number of hydrogen-bond donors (Lipinski definition) is 0. The van der Waals surface area contributed by atoms with Gasteiger partial charge in [0.1, 0.15) is 5.75 Å². The third-order valence-electron chi connectivity index (χ3n) is 5.63. The molecule has 150 valence electrons. The normalized spacial score (nSPS) is 14.3. The summed E-state index contributed by atoms with van der Waals surface area (Å²) in [5.41, 5.74) is 3.29. The van der Waals surface area contributed by atoms with Crippen LogP contribution in [0.2, 0.25) is 0 Å². The van der Waals surface area contributed by atoms with Crippen molar-refractivity contribution in [3.05, 3.63) is 60.2 Å². The second kappa shape index (κ2) is 8.62. The average Bonchev–Trinajstić information content (AvgIpc) is 3.30. The van der Waals surface area contributed by atoms with Crippen molar-refractivity contribution >= 4 is 16.8 Å². The van der Waals surface area contributed by atoms with Crippen LogP contribution in [0.1, 0.15) is 23.2 Å². The Balaban J connectivity index is 1.65. The average molecular weight is 389 g/mol. The van der Waals surface area contributed by atoms with Gasteiger partial charge in [0.05, 0.1) is 23.9 Å². The quantitative estimate of drug-likeness (QED) is 0.637. The molecule has 1 aromatic heterocycles. The number of para-hydroxylation sites is 1. The van der Waals surface area contributed by atoms with Crippen LogP contribution in [0.4, 0.5) is 0 Å². The van der Waals surface area contributed by atoms with Gasteiger partial charge in [0.25, 0.3) is 5.91 Å². The van der Waals surface area contributed by atoms with E-state index in [2.05, 4.69) is 4.90 Å². The zero-order chi connectivity index (χ0) is 20.2. The molecule has 5 heteroatoms. The number of likely N-dealkylation sites (tertiary alicyclic amines) is 1. The second-order valence-electron chi connectivity index (χ2n) is 7.58. The highest BCUT2D eigenvalue weighted by Crippen LogP contribution is 2.27. The molecular weight excluding hydrogens is 362 g/mol. The number of methoxy groups -OCH3 is 1. The number of amides is 1. The van der Waals surface area contributed by atoms with Crippen molar-refractivity contribution in [3.63, 3.8) is 0 Å². The molecule has 2 aromatic carbocycles. The van der Waals surface area contributed by atoms with E-state index < -0.39 is 0 Å². The topological polar surface area (TPSA) is 45.7 Å². The van der Waals surface area contributed by atoms with Crippen molar-refractivity contribution in [2.75, 3.05) is 40.3 Å². The van der Waals surface area contributed by atoms with Crippen molar-refractivity contribution in [2.24, 2.45) is 0 Å².